The zero-order valence-electron chi connectivity index (χ0n) is 11.9. The van der Waals surface area contributed by atoms with E-state index in [1.807, 2.05) is 16.9 Å². The summed E-state index contributed by atoms with van der Waals surface area (Å²) in [5.41, 5.74) is 4.87. The average molecular weight is 276 g/mol. The predicted molar refractivity (Wildman–Crippen MR) is 77.5 cm³/mol. The Morgan fingerprint density at radius 3 is 2.45 bits per heavy atom. The van der Waals surface area contributed by atoms with E-state index in [9.17, 15) is 4.39 Å². The first-order chi connectivity index (χ1) is 9.58. The van der Waals surface area contributed by atoms with Crippen LogP contribution >= 0.6 is 0 Å². The Kier molecular flexibility index (Phi) is 4.87. The van der Waals surface area contributed by atoms with Crippen LogP contribution in [0, 0.1) is 5.82 Å². The summed E-state index contributed by atoms with van der Waals surface area (Å²) in [4.78, 5) is 0. The van der Waals surface area contributed by atoms with Gasteiger partial charge in [-0.1, -0.05) is 12.1 Å². The van der Waals surface area contributed by atoms with E-state index in [4.69, 9.17) is 5.84 Å². The highest BCUT2D eigenvalue weighted by atomic mass is 19.1. The fourth-order valence-corrected chi connectivity index (χ4v) is 2.12. The Balaban J connectivity index is 1.99. The van der Waals surface area contributed by atoms with Crippen LogP contribution in [0.25, 0.3) is 0 Å². The number of aromatic nitrogens is 2. The largest absolute Gasteiger partial charge is 0.271 e. The summed E-state index contributed by atoms with van der Waals surface area (Å²) in [5.74, 6) is 5.39. The lowest BCUT2D eigenvalue weighted by molar-refractivity contribution is 0.494. The second-order valence-corrected chi connectivity index (χ2v) is 5.28. The first-order valence-corrected chi connectivity index (χ1v) is 6.83. The van der Waals surface area contributed by atoms with Gasteiger partial charge in [0.15, 0.2) is 0 Å². The molecule has 0 aliphatic heterocycles. The molecule has 0 spiro atoms. The molecule has 1 heterocycles. The van der Waals surface area contributed by atoms with Gasteiger partial charge in [-0.25, -0.2) is 4.39 Å². The molecule has 0 aliphatic rings. The quantitative estimate of drug-likeness (QED) is 0.628. The van der Waals surface area contributed by atoms with Crippen molar-refractivity contribution in [2.75, 3.05) is 0 Å². The number of halogens is 1. The van der Waals surface area contributed by atoms with E-state index in [1.54, 1.807) is 12.1 Å². The minimum Gasteiger partial charge on any atom is -0.271 e. The Labute approximate surface area is 118 Å². The Hall–Kier alpha value is -1.72. The van der Waals surface area contributed by atoms with E-state index in [2.05, 4.69) is 24.4 Å². The fraction of sp³-hybridized carbons (Fsp3) is 0.400. The summed E-state index contributed by atoms with van der Waals surface area (Å²) in [5, 5.41) is 4.51. The van der Waals surface area contributed by atoms with Crippen molar-refractivity contribution in [3.8, 4) is 0 Å². The molecule has 4 nitrogen and oxygen atoms in total. The summed E-state index contributed by atoms with van der Waals surface area (Å²) in [6.07, 6.45) is 3.46. The molecule has 2 aromatic rings. The van der Waals surface area contributed by atoms with Crippen LogP contribution < -0.4 is 11.3 Å². The molecule has 3 N–H and O–H groups in total. The molecule has 108 valence electrons. The molecule has 0 amide bonds. The van der Waals surface area contributed by atoms with Crippen LogP contribution in [0.3, 0.4) is 0 Å². The van der Waals surface area contributed by atoms with Crippen molar-refractivity contribution < 1.29 is 4.39 Å². The molecular weight excluding hydrogens is 255 g/mol. The SMILES string of the molecule is CC(C)n1ccc(CC(Cc2ccc(F)cc2)NN)n1. The van der Waals surface area contributed by atoms with E-state index in [0.29, 0.717) is 6.04 Å². The molecule has 0 radical (unpaired) electrons. The van der Waals surface area contributed by atoms with Gasteiger partial charge >= 0.3 is 0 Å². The van der Waals surface area contributed by atoms with Gasteiger partial charge in [-0.15, -0.1) is 0 Å². The predicted octanol–water partition coefficient (Wildman–Crippen LogP) is 2.22. The molecule has 1 aromatic carbocycles. The number of benzene rings is 1. The second kappa shape index (κ2) is 6.63. The van der Waals surface area contributed by atoms with Gasteiger partial charge in [-0.2, -0.15) is 5.10 Å². The Morgan fingerprint density at radius 1 is 1.20 bits per heavy atom. The standard InChI is InChI=1S/C15H21FN4/c1-11(2)20-8-7-14(19-20)10-15(18-17)9-12-3-5-13(16)6-4-12/h3-8,11,15,18H,9-10,17H2,1-2H3. The van der Waals surface area contributed by atoms with Crippen molar-refractivity contribution in [1.82, 2.24) is 15.2 Å². The molecular formula is C15H21FN4. The van der Waals surface area contributed by atoms with E-state index < -0.39 is 0 Å². The molecule has 20 heavy (non-hydrogen) atoms. The maximum atomic E-state index is 12.9. The number of rotatable bonds is 6. The number of nitrogens with two attached hydrogens (primary N) is 1. The summed E-state index contributed by atoms with van der Waals surface area (Å²) < 4.78 is 14.8. The molecule has 1 atom stereocenters. The summed E-state index contributed by atoms with van der Waals surface area (Å²) in [6, 6.07) is 8.95. The number of hydrogen-bond donors (Lipinski definition) is 2. The molecule has 0 bridgehead atoms. The minimum atomic E-state index is -0.221. The Bertz CT molecular complexity index is 533. The van der Waals surface area contributed by atoms with Crippen molar-refractivity contribution in [3.63, 3.8) is 0 Å². The van der Waals surface area contributed by atoms with Gasteiger partial charge in [0.05, 0.1) is 5.69 Å². The Morgan fingerprint density at radius 2 is 1.90 bits per heavy atom. The topological polar surface area (TPSA) is 55.9 Å². The van der Waals surface area contributed by atoms with Gasteiger partial charge in [0, 0.05) is 24.7 Å². The normalized spacial score (nSPS) is 12.8. The van der Waals surface area contributed by atoms with Gasteiger partial charge in [-0.05, 0) is 44.0 Å². The zero-order valence-corrected chi connectivity index (χ0v) is 11.9. The number of nitrogens with zero attached hydrogens (tertiary/aromatic N) is 2. The lowest BCUT2D eigenvalue weighted by Crippen LogP contribution is -2.38. The van der Waals surface area contributed by atoms with Crippen LogP contribution in [-0.2, 0) is 12.8 Å². The van der Waals surface area contributed by atoms with Crippen molar-refractivity contribution >= 4 is 0 Å². The van der Waals surface area contributed by atoms with Crippen LogP contribution in [-0.4, -0.2) is 15.8 Å². The molecule has 0 saturated carbocycles. The smallest absolute Gasteiger partial charge is 0.123 e. The summed E-state index contributed by atoms with van der Waals surface area (Å²) >= 11 is 0. The highest BCUT2D eigenvalue weighted by Gasteiger charge is 2.11. The minimum absolute atomic E-state index is 0.0796. The third-order valence-electron chi connectivity index (χ3n) is 3.28. The fourth-order valence-electron chi connectivity index (χ4n) is 2.12. The van der Waals surface area contributed by atoms with Gasteiger partial charge in [0.2, 0.25) is 0 Å². The van der Waals surface area contributed by atoms with Crippen LogP contribution in [0.1, 0.15) is 31.1 Å². The molecule has 1 aromatic heterocycles. The van der Waals surface area contributed by atoms with Gasteiger partial charge < -0.3 is 0 Å². The van der Waals surface area contributed by atoms with Crippen LogP contribution in [0.5, 0.6) is 0 Å². The van der Waals surface area contributed by atoms with E-state index in [-0.39, 0.29) is 11.9 Å². The highest BCUT2D eigenvalue weighted by molar-refractivity contribution is 5.18. The molecule has 0 aliphatic carbocycles. The maximum Gasteiger partial charge on any atom is 0.123 e. The number of nitrogens with one attached hydrogen (secondary N) is 1. The first kappa shape index (κ1) is 14.7. The van der Waals surface area contributed by atoms with E-state index in [1.165, 1.54) is 12.1 Å². The molecule has 5 heteroatoms. The van der Waals surface area contributed by atoms with Gasteiger partial charge in [0.25, 0.3) is 0 Å². The summed E-state index contributed by atoms with van der Waals surface area (Å²) in [6.45, 7) is 4.18. The molecule has 0 fully saturated rings. The monoisotopic (exact) mass is 276 g/mol. The third kappa shape index (κ3) is 3.88. The average Bonchev–Trinajstić information content (AvgIpc) is 2.89. The lowest BCUT2D eigenvalue weighted by Gasteiger charge is -2.14. The summed E-state index contributed by atoms with van der Waals surface area (Å²) in [7, 11) is 0. The van der Waals surface area contributed by atoms with Gasteiger partial charge in [-0.3, -0.25) is 16.0 Å². The van der Waals surface area contributed by atoms with Crippen molar-refractivity contribution in [2.45, 2.75) is 38.8 Å². The van der Waals surface area contributed by atoms with Crippen molar-refractivity contribution in [1.29, 1.82) is 0 Å². The number of hydrazine groups is 1. The van der Waals surface area contributed by atoms with E-state index >= 15 is 0 Å². The van der Waals surface area contributed by atoms with Crippen molar-refractivity contribution in [3.05, 3.63) is 53.6 Å². The maximum absolute atomic E-state index is 12.9. The molecule has 2 rings (SSSR count). The van der Waals surface area contributed by atoms with Crippen LogP contribution in [0.15, 0.2) is 36.5 Å². The zero-order chi connectivity index (χ0) is 14.5. The van der Waals surface area contributed by atoms with Crippen LogP contribution in [0.4, 0.5) is 4.39 Å². The third-order valence-corrected chi connectivity index (χ3v) is 3.28. The molecule has 0 saturated heterocycles. The molecule has 1 unspecified atom stereocenters. The second-order valence-electron chi connectivity index (χ2n) is 5.28. The lowest BCUT2D eigenvalue weighted by atomic mass is 10.0. The number of hydrogen-bond acceptors (Lipinski definition) is 3. The van der Waals surface area contributed by atoms with E-state index in [0.717, 1.165) is 24.1 Å². The first-order valence-electron chi connectivity index (χ1n) is 6.83. The highest BCUT2D eigenvalue weighted by Crippen LogP contribution is 2.10. The van der Waals surface area contributed by atoms with Crippen molar-refractivity contribution in [2.24, 2.45) is 5.84 Å². The van der Waals surface area contributed by atoms with Gasteiger partial charge in [0.1, 0.15) is 5.82 Å². The van der Waals surface area contributed by atoms with Crippen LogP contribution in [0.2, 0.25) is 0 Å².